The van der Waals surface area contributed by atoms with Crippen molar-refractivity contribution in [2.75, 3.05) is 5.43 Å². The number of hydrazone groups is 1. The lowest BCUT2D eigenvalue weighted by Crippen LogP contribution is -2.18. The maximum Gasteiger partial charge on any atom is 0.263 e. The molecule has 0 radical (unpaired) electrons. The third-order valence-corrected chi connectivity index (χ3v) is 4.75. The molecule has 0 aliphatic rings. The number of phenolic OH excluding ortho intramolecular Hbond substituents is 1. The Labute approximate surface area is 178 Å². The van der Waals surface area contributed by atoms with Gasteiger partial charge in [0, 0.05) is 16.7 Å². The van der Waals surface area contributed by atoms with E-state index >= 15 is 0 Å². The minimum atomic E-state index is -0.196. The van der Waals surface area contributed by atoms with Gasteiger partial charge in [-0.1, -0.05) is 71.9 Å². The van der Waals surface area contributed by atoms with Gasteiger partial charge in [0.15, 0.2) is 0 Å². The smallest absolute Gasteiger partial charge is 0.263 e. The van der Waals surface area contributed by atoms with E-state index < -0.39 is 0 Å². The molecule has 0 amide bonds. The molecule has 1 aromatic heterocycles. The highest BCUT2D eigenvalue weighted by Gasteiger charge is 2.26. The fourth-order valence-electron chi connectivity index (χ4n) is 3.14. The summed E-state index contributed by atoms with van der Waals surface area (Å²) < 4.78 is 0. The van der Waals surface area contributed by atoms with Crippen molar-refractivity contribution < 1.29 is 5.11 Å². The summed E-state index contributed by atoms with van der Waals surface area (Å²) in [6.07, 6.45) is 3.33. The highest BCUT2D eigenvalue weighted by Crippen LogP contribution is 2.39. The first-order valence-corrected chi connectivity index (χ1v) is 9.98. The summed E-state index contributed by atoms with van der Waals surface area (Å²) in [6, 6.07) is 13.7. The van der Waals surface area contributed by atoms with E-state index in [4.69, 9.17) is 0 Å². The van der Waals surface area contributed by atoms with Crippen LogP contribution in [0, 0.1) is 0 Å². The standard InChI is InChI=1S/C24H29N5O/c1-23(2,3)18-12-16(13-19(21(18)30)24(4,5)6)14-25-28-22-27-20(15-26-29-22)17-10-8-7-9-11-17/h7-15,30H,1-6H3,(H,27,28,29). The highest BCUT2D eigenvalue weighted by atomic mass is 16.3. The molecule has 1 heterocycles. The summed E-state index contributed by atoms with van der Waals surface area (Å²) in [6.45, 7) is 12.5. The third-order valence-electron chi connectivity index (χ3n) is 4.75. The van der Waals surface area contributed by atoms with Crippen LogP contribution in [0.3, 0.4) is 0 Å². The Morgan fingerprint density at radius 3 is 2.10 bits per heavy atom. The zero-order valence-corrected chi connectivity index (χ0v) is 18.4. The van der Waals surface area contributed by atoms with Gasteiger partial charge < -0.3 is 5.11 Å². The summed E-state index contributed by atoms with van der Waals surface area (Å²) in [5.74, 6) is 0.668. The van der Waals surface area contributed by atoms with Gasteiger partial charge in [-0.25, -0.2) is 10.4 Å². The topological polar surface area (TPSA) is 83.3 Å². The number of nitrogens with one attached hydrogen (secondary N) is 1. The molecular weight excluding hydrogens is 374 g/mol. The molecule has 30 heavy (non-hydrogen) atoms. The second-order valence-corrected chi connectivity index (χ2v) is 9.37. The first-order chi connectivity index (χ1) is 14.1. The van der Waals surface area contributed by atoms with E-state index in [0.29, 0.717) is 11.7 Å². The molecule has 3 aromatic rings. The Balaban J connectivity index is 1.88. The van der Waals surface area contributed by atoms with Crippen molar-refractivity contribution in [3.63, 3.8) is 0 Å². The van der Waals surface area contributed by atoms with Gasteiger partial charge in [0.2, 0.25) is 0 Å². The number of benzene rings is 2. The first kappa shape index (κ1) is 21.4. The quantitative estimate of drug-likeness (QED) is 0.457. The van der Waals surface area contributed by atoms with Gasteiger partial charge in [0.05, 0.1) is 18.1 Å². The van der Waals surface area contributed by atoms with Crippen molar-refractivity contribution >= 4 is 12.2 Å². The number of hydrogen-bond acceptors (Lipinski definition) is 6. The summed E-state index contributed by atoms with van der Waals surface area (Å²) in [4.78, 5) is 4.46. The number of aromatic nitrogens is 3. The molecule has 6 heteroatoms. The Morgan fingerprint density at radius 1 is 0.933 bits per heavy atom. The number of aromatic hydroxyl groups is 1. The normalized spacial score (nSPS) is 12.3. The van der Waals surface area contributed by atoms with Crippen LogP contribution in [0.4, 0.5) is 5.95 Å². The van der Waals surface area contributed by atoms with Crippen LogP contribution in [0.15, 0.2) is 53.8 Å². The monoisotopic (exact) mass is 403 g/mol. The molecule has 2 N–H and O–H groups in total. The molecule has 0 fully saturated rings. The maximum atomic E-state index is 10.8. The molecule has 3 rings (SSSR count). The first-order valence-electron chi connectivity index (χ1n) is 9.98. The summed E-state index contributed by atoms with van der Waals surface area (Å²) in [5, 5.41) is 23.1. The Morgan fingerprint density at radius 2 is 1.53 bits per heavy atom. The number of rotatable bonds is 4. The van der Waals surface area contributed by atoms with E-state index in [-0.39, 0.29) is 10.8 Å². The molecule has 0 spiro atoms. The van der Waals surface area contributed by atoms with E-state index in [1.165, 1.54) is 0 Å². The zero-order chi connectivity index (χ0) is 21.9. The number of phenols is 1. The number of nitrogens with zero attached hydrogens (tertiary/aromatic N) is 4. The zero-order valence-electron chi connectivity index (χ0n) is 18.4. The van der Waals surface area contributed by atoms with Gasteiger partial charge in [-0.3, -0.25) is 0 Å². The predicted molar refractivity (Wildman–Crippen MR) is 122 cm³/mol. The van der Waals surface area contributed by atoms with Gasteiger partial charge in [0.1, 0.15) is 5.75 Å². The predicted octanol–water partition coefficient (Wildman–Crippen LogP) is 5.29. The lowest BCUT2D eigenvalue weighted by molar-refractivity contribution is 0.423. The molecular formula is C24H29N5O. The second kappa shape index (κ2) is 8.22. The van der Waals surface area contributed by atoms with E-state index in [1.807, 2.05) is 42.5 Å². The van der Waals surface area contributed by atoms with Crippen molar-refractivity contribution in [3.05, 3.63) is 65.4 Å². The van der Waals surface area contributed by atoms with Crippen LogP contribution in [0.5, 0.6) is 5.75 Å². The average Bonchev–Trinajstić information content (AvgIpc) is 2.68. The maximum absolute atomic E-state index is 10.8. The molecule has 0 atom stereocenters. The number of hydrogen-bond donors (Lipinski definition) is 2. The molecule has 156 valence electrons. The highest BCUT2D eigenvalue weighted by molar-refractivity contribution is 5.82. The van der Waals surface area contributed by atoms with Crippen LogP contribution < -0.4 is 5.43 Å². The fraction of sp³-hybridized carbons (Fsp3) is 0.333. The van der Waals surface area contributed by atoms with Gasteiger partial charge >= 0.3 is 0 Å². The molecule has 0 unspecified atom stereocenters. The van der Waals surface area contributed by atoms with E-state index in [0.717, 1.165) is 27.9 Å². The van der Waals surface area contributed by atoms with Crippen LogP contribution in [0.25, 0.3) is 11.3 Å². The van der Waals surface area contributed by atoms with Crippen LogP contribution in [-0.4, -0.2) is 26.5 Å². The van der Waals surface area contributed by atoms with Crippen molar-refractivity contribution in [1.29, 1.82) is 0 Å². The van der Waals surface area contributed by atoms with Crippen LogP contribution in [0.2, 0.25) is 0 Å². The van der Waals surface area contributed by atoms with E-state index in [9.17, 15) is 5.11 Å². The molecule has 0 bridgehead atoms. The van der Waals surface area contributed by atoms with Gasteiger partial charge in [-0.05, 0) is 28.5 Å². The average molecular weight is 404 g/mol. The number of anilines is 1. The van der Waals surface area contributed by atoms with E-state index in [2.05, 4.69) is 67.3 Å². The van der Waals surface area contributed by atoms with Crippen LogP contribution in [0.1, 0.15) is 58.2 Å². The SMILES string of the molecule is CC(C)(C)c1cc(C=NNc2nncc(-c3ccccc3)n2)cc(C(C)(C)C)c1O. The Hall–Kier alpha value is -3.28. The molecule has 0 saturated carbocycles. The molecule has 0 aliphatic carbocycles. The van der Waals surface area contributed by atoms with Crippen molar-refractivity contribution in [3.8, 4) is 17.0 Å². The second-order valence-electron chi connectivity index (χ2n) is 9.37. The summed E-state index contributed by atoms with van der Waals surface area (Å²) >= 11 is 0. The lowest BCUT2D eigenvalue weighted by Gasteiger charge is -2.27. The van der Waals surface area contributed by atoms with E-state index in [1.54, 1.807) is 12.4 Å². The van der Waals surface area contributed by atoms with Gasteiger partial charge in [0.25, 0.3) is 5.95 Å². The molecule has 2 aromatic carbocycles. The minimum Gasteiger partial charge on any atom is -0.507 e. The molecule has 6 nitrogen and oxygen atoms in total. The largest absolute Gasteiger partial charge is 0.507 e. The third kappa shape index (κ3) is 5.00. The lowest BCUT2D eigenvalue weighted by atomic mass is 9.78. The minimum absolute atomic E-state index is 0.196. The summed E-state index contributed by atoms with van der Waals surface area (Å²) in [7, 11) is 0. The Bertz CT molecular complexity index is 1010. The Kier molecular flexibility index (Phi) is 5.87. The van der Waals surface area contributed by atoms with Crippen LogP contribution >= 0.6 is 0 Å². The van der Waals surface area contributed by atoms with Crippen LogP contribution in [-0.2, 0) is 10.8 Å². The van der Waals surface area contributed by atoms with Crippen molar-refractivity contribution in [1.82, 2.24) is 15.2 Å². The summed E-state index contributed by atoms with van der Waals surface area (Å²) in [5.41, 5.74) is 6.82. The van der Waals surface area contributed by atoms with Gasteiger partial charge in [-0.2, -0.15) is 10.2 Å². The van der Waals surface area contributed by atoms with Crippen molar-refractivity contribution in [2.45, 2.75) is 52.4 Å². The molecule has 0 saturated heterocycles. The fourth-order valence-corrected chi connectivity index (χ4v) is 3.14. The molecule has 0 aliphatic heterocycles. The van der Waals surface area contributed by atoms with Crippen molar-refractivity contribution in [2.24, 2.45) is 5.10 Å². The van der Waals surface area contributed by atoms with Gasteiger partial charge in [-0.15, -0.1) is 5.10 Å².